The van der Waals surface area contributed by atoms with Crippen LogP contribution in [0.15, 0.2) is 66.7 Å². The number of methoxy groups -OCH3 is 1. The third-order valence-electron chi connectivity index (χ3n) is 6.78. The molecule has 0 aliphatic carbocycles. The SMILES string of the molecule is COOC(Cl)(OOc1cc(C2CCCO2)c(OC)c(OCCN2CCOCC2)c1Oc1ccccc1)Oc1ccccc1. The summed E-state index contributed by atoms with van der Waals surface area (Å²) in [5, 5.41) is 0. The van der Waals surface area contributed by atoms with Crippen LogP contribution in [0, 0.1) is 0 Å². The van der Waals surface area contributed by atoms with Crippen LogP contribution in [0.5, 0.6) is 34.5 Å². The number of rotatable bonds is 15. The molecule has 2 aliphatic heterocycles. The van der Waals surface area contributed by atoms with E-state index in [4.69, 9.17) is 59.6 Å². The lowest BCUT2D eigenvalue weighted by Gasteiger charge is -2.28. The smallest absolute Gasteiger partial charge is 0.477 e. The second-order valence-corrected chi connectivity index (χ2v) is 10.2. The molecule has 0 amide bonds. The van der Waals surface area contributed by atoms with E-state index in [-0.39, 0.29) is 17.6 Å². The average molecular weight is 618 g/mol. The maximum absolute atomic E-state index is 6.52. The summed E-state index contributed by atoms with van der Waals surface area (Å²) in [4.78, 5) is 23.5. The maximum Gasteiger partial charge on any atom is 0.477 e. The lowest BCUT2D eigenvalue weighted by atomic mass is 10.0. The fraction of sp³-hybridized carbons (Fsp3) is 0.419. The van der Waals surface area contributed by atoms with Gasteiger partial charge in [-0.05, 0) is 54.8 Å². The number of hydrogen-bond acceptors (Lipinski definition) is 11. The first-order valence-electron chi connectivity index (χ1n) is 14.1. The first kappa shape index (κ1) is 31.1. The van der Waals surface area contributed by atoms with Crippen molar-refractivity contribution in [3.8, 4) is 34.5 Å². The van der Waals surface area contributed by atoms with Gasteiger partial charge >= 0.3 is 5.43 Å². The van der Waals surface area contributed by atoms with Gasteiger partial charge in [0.15, 0.2) is 5.75 Å². The Bertz CT molecular complexity index is 1270. The summed E-state index contributed by atoms with van der Waals surface area (Å²) in [6, 6.07) is 19.6. The van der Waals surface area contributed by atoms with E-state index in [9.17, 15) is 0 Å². The first-order valence-corrected chi connectivity index (χ1v) is 14.5. The van der Waals surface area contributed by atoms with Gasteiger partial charge in [0.2, 0.25) is 17.2 Å². The Hall–Kier alpha value is -3.29. The second kappa shape index (κ2) is 15.4. The zero-order valence-electron chi connectivity index (χ0n) is 24.2. The first-order chi connectivity index (χ1) is 21.1. The maximum atomic E-state index is 6.52. The molecule has 2 aliphatic rings. The summed E-state index contributed by atoms with van der Waals surface area (Å²) in [7, 11) is 2.85. The molecule has 0 bridgehead atoms. The molecule has 0 aromatic heterocycles. The lowest BCUT2D eigenvalue weighted by molar-refractivity contribution is -0.499. The molecule has 2 atom stereocenters. The van der Waals surface area contributed by atoms with Gasteiger partial charge < -0.3 is 33.3 Å². The van der Waals surface area contributed by atoms with Crippen molar-refractivity contribution in [2.75, 3.05) is 60.3 Å². The van der Waals surface area contributed by atoms with Crippen LogP contribution in [-0.4, -0.2) is 70.6 Å². The Morgan fingerprint density at radius 1 is 0.884 bits per heavy atom. The summed E-state index contributed by atoms with van der Waals surface area (Å²) in [5.41, 5.74) is -1.61. The molecule has 0 radical (unpaired) electrons. The van der Waals surface area contributed by atoms with E-state index in [1.54, 1.807) is 49.6 Å². The fourth-order valence-electron chi connectivity index (χ4n) is 4.76. The van der Waals surface area contributed by atoms with E-state index in [2.05, 4.69) is 4.90 Å². The topological polar surface area (TPSA) is 95.5 Å². The minimum atomic E-state index is -2.32. The quantitative estimate of drug-likeness (QED) is 0.0887. The second-order valence-electron chi connectivity index (χ2n) is 9.69. The van der Waals surface area contributed by atoms with Crippen LogP contribution >= 0.6 is 11.6 Å². The van der Waals surface area contributed by atoms with Crippen LogP contribution in [0.2, 0.25) is 0 Å². The molecule has 0 spiro atoms. The minimum Gasteiger partial charge on any atom is -0.492 e. The average Bonchev–Trinajstić information content (AvgIpc) is 3.57. The Balaban J connectivity index is 1.50. The molecule has 3 aromatic carbocycles. The van der Waals surface area contributed by atoms with Crippen molar-refractivity contribution < 1.29 is 48.0 Å². The Morgan fingerprint density at radius 3 is 2.26 bits per heavy atom. The predicted octanol–water partition coefficient (Wildman–Crippen LogP) is 5.87. The molecule has 2 saturated heterocycles. The Kier molecular flexibility index (Phi) is 11.2. The molecular weight excluding hydrogens is 582 g/mol. The summed E-state index contributed by atoms with van der Waals surface area (Å²) in [5.74, 6) is 1.99. The highest BCUT2D eigenvalue weighted by atomic mass is 35.5. The monoisotopic (exact) mass is 617 g/mol. The van der Waals surface area contributed by atoms with E-state index in [1.165, 1.54) is 7.11 Å². The summed E-state index contributed by atoms with van der Waals surface area (Å²) >= 11 is 6.52. The molecule has 12 heteroatoms. The number of para-hydroxylation sites is 2. The molecule has 11 nitrogen and oxygen atoms in total. The van der Waals surface area contributed by atoms with Gasteiger partial charge in [-0.1, -0.05) is 41.3 Å². The zero-order chi connectivity index (χ0) is 29.9. The molecule has 2 heterocycles. The normalized spacial score (nSPS) is 18.5. The van der Waals surface area contributed by atoms with E-state index >= 15 is 0 Å². The van der Waals surface area contributed by atoms with E-state index in [0.29, 0.717) is 61.5 Å². The van der Waals surface area contributed by atoms with Crippen LogP contribution in [-0.2, 0) is 24.1 Å². The number of benzene rings is 3. The van der Waals surface area contributed by atoms with Crippen molar-refractivity contribution in [2.24, 2.45) is 0 Å². The van der Waals surface area contributed by atoms with Crippen LogP contribution < -0.4 is 23.8 Å². The zero-order valence-corrected chi connectivity index (χ0v) is 25.0. The van der Waals surface area contributed by atoms with Gasteiger partial charge in [-0.15, -0.1) is 4.89 Å². The largest absolute Gasteiger partial charge is 0.492 e. The number of hydrogen-bond donors (Lipinski definition) is 0. The lowest BCUT2D eigenvalue weighted by Crippen LogP contribution is -2.38. The summed E-state index contributed by atoms with van der Waals surface area (Å²) in [6.07, 6.45) is 1.42. The van der Waals surface area contributed by atoms with Gasteiger partial charge in [0.05, 0.1) is 33.5 Å². The minimum absolute atomic E-state index is 0.123. The van der Waals surface area contributed by atoms with Gasteiger partial charge in [-0.3, -0.25) is 4.90 Å². The van der Waals surface area contributed by atoms with Crippen LogP contribution in [0.3, 0.4) is 0 Å². The van der Waals surface area contributed by atoms with Gasteiger partial charge in [0.1, 0.15) is 18.1 Å². The van der Waals surface area contributed by atoms with E-state index in [0.717, 1.165) is 25.9 Å². The summed E-state index contributed by atoms with van der Waals surface area (Å²) < 4.78 is 35.9. The van der Waals surface area contributed by atoms with Gasteiger partial charge in [0.25, 0.3) is 0 Å². The van der Waals surface area contributed by atoms with Crippen molar-refractivity contribution in [2.45, 2.75) is 24.4 Å². The number of alkyl halides is 1. The van der Waals surface area contributed by atoms with Gasteiger partial charge in [-0.2, -0.15) is 0 Å². The highest BCUT2D eigenvalue weighted by Gasteiger charge is 2.39. The molecule has 232 valence electrons. The van der Waals surface area contributed by atoms with Crippen LogP contribution in [0.25, 0.3) is 0 Å². The van der Waals surface area contributed by atoms with Crippen LogP contribution in [0.1, 0.15) is 24.5 Å². The highest BCUT2D eigenvalue weighted by Crippen LogP contribution is 2.52. The fourth-order valence-corrected chi connectivity index (χ4v) is 4.94. The van der Waals surface area contributed by atoms with Crippen molar-refractivity contribution in [1.29, 1.82) is 0 Å². The molecular formula is C31H36ClNO10. The molecule has 0 saturated carbocycles. The van der Waals surface area contributed by atoms with E-state index < -0.39 is 5.43 Å². The van der Waals surface area contributed by atoms with Gasteiger partial charge in [0, 0.05) is 31.8 Å². The predicted molar refractivity (Wildman–Crippen MR) is 156 cm³/mol. The third kappa shape index (κ3) is 8.42. The highest BCUT2D eigenvalue weighted by molar-refractivity contribution is 6.21. The number of nitrogens with zero attached hydrogens (tertiary/aromatic N) is 1. The molecule has 2 fully saturated rings. The third-order valence-corrected chi connectivity index (χ3v) is 6.99. The number of ether oxygens (including phenoxy) is 6. The Morgan fingerprint density at radius 2 is 1.60 bits per heavy atom. The Labute approximate surface area is 255 Å². The van der Waals surface area contributed by atoms with Crippen molar-refractivity contribution in [3.05, 3.63) is 72.3 Å². The van der Waals surface area contributed by atoms with Gasteiger partial charge in [-0.25, -0.2) is 4.89 Å². The van der Waals surface area contributed by atoms with Crippen molar-refractivity contribution in [1.82, 2.24) is 4.90 Å². The molecule has 0 N–H and O–H groups in total. The molecule has 43 heavy (non-hydrogen) atoms. The molecule has 3 aromatic rings. The standard InChI is InChI=1S/C31H36ClNO10/c1-34-28-25(26-14-9-18-37-26)22-27(41-43-31(32,42-35-2)40-24-12-7-4-8-13-24)29(39-23-10-5-3-6-11-23)30(28)38-21-17-33-15-19-36-20-16-33/h3-8,10-13,22,26H,9,14-21H2,1-2H3. The van der Waals surface area contributed by atoms with Crippen LogP contribution in [0.4, 0.5) is 0 Å². The number of morpholine rings is 1. The van der Waals surface area contributed by atoms with Crippen molar-refractivity contribution in [3.63, 3.8) is 0 Å². The molecule has 5 rings (SSSR count). The molecule has 2 unspecified atom stereocenters. The number of halogens is 1. The summed E-state index contributed by atoms with van der Waals surface area (Å²) in [6.45, 7) is 4.66. The van der Waals surface area contributed by atoms with E-state index in [1.807, 2.05) is 24.3 Å². The van der Waals surface area contributed by atoms with Crippen molar-refractivity contribution >= 4 is 11.6 Å².